The minimum Gasteiger partial charge on any atom is -0.463 e. The number of benzene rings is 2. The molecule has 152 valence electrons. The first kappa shape index (κ1) is 20.6. The number of carbonyl (C=O) groups excluding carboxylic acids is 2. The molecule has 0 aliphatic carbocycles. The number of ether oxygens (including phenoxy) is 2. The lowest BCUT2D eigenvalue weighted by molar-refractivity contribution is -0.161. The third-order valence-corrected chi connectivity index (χ3v) is 4.45. The maximum atomic E-state index is 12.9. The molecule has 0 aliphatic rings. The van der Waals surface area contributed by atoms with E-state index in [1.807, 2.05) is 0 Å². The average molecular weight is 395 g/mol. The average Bonchev–Trinajstić information content (AvgIpc) is 3.07. The van der Waals surface area contributed by atoms with Crippen molar-refractivity contribution in [2.75, 3.05) is 6.61 Å². The van der Waals surface area contributed by atoms with E-state index in [0.29, 0.717) is 16.5 Å². The van der Waals surface area contributed by atoms with E-state index >= 15 is 0 Å². The number of carbonyl (C=O) groups is 2. The van der Waals surface area contributed by atoms with Crippen molar-refractivity contribution in [3.63, 3.8) is 0 Å². The Bertz CT molecular complexity index is 1030. The Morgan fingerprint density at radius 2 is 1.62 bits per heavy atom. The lowest BCUT2D eigenvalue weighted by atomic mass is 9.86. The summed E-state index contributed by atoms with van der Waals surface area (Å²) in [5.41, 5.74) is -1.64. The summed E-state index contributed by atoms with van der Waals surface area (Å²) in [6.07, 6.45) is 0.849. The zero-order valence-corrected chi connectivity index (χ0v) is 17.0. The van der Waals surface area contributed by atoms with Gasteiger partial charge in [0.1, 0.15) is 5.60 Å². The van der Waals surface area contributed by atoms with E-state index in [-0.39, 0.29) is 12.2 Å². The summed E-state index contributed by atoms with van der Waals surface area (Å²) < 4.78 is 12.0. The zero-order chi connectivity index (χ0) is 21.2. The third-order valence-electron chi connectivity index (χ3n) is 4.45. The topological polar surface area (TPSA) is 77.8 Å². The van der Waals surface area contributed by atoms with Crippen LogP contribution < -0.4 is 0 Å². The van der Waals surface area contributed by atoms with Crippen molar-refractivity contribution in [3.05, 3.63) is 71.9 Å². The van der Waals surface area contributed by atoms with E-state index in [1.54, 1.807) is 82.3 Å². The highest BCUT2D eigenvalue weighted by Gasteiger charge is 2.44. The van der Waals surface area contributed by atoms with Gasteiger partial charge in [-0.1, -0.05) is 48.5 Å². The van der Waals surface area contributed by atoms with Crippen LogP contribution in [0.2, 0.25) is 0 Å². The van der Waals surface area contributed by atoms with Gasteiger partial charge in [0.05, 0.1) is 12.1 Å². The number of aromatic nitrogens is 1. The molecule has 1 N–H and O–H groups in total. The Morgan fingerprint density at radius 1 is 1.00 bits per heavy atom. The fourth-order valence-electron chi connectivity index (χ4n) is 3.23. The molecule has 0 fully saturated rings. The van der Waals surface area contributed by atoms with Crippen molar-refractivity contribution in [2.24, 2.45) is 0 Å². The molecule has 1 heterocycles. The molecule has 0 saturated heterocycles. The van der Waals surface area contributed by atoms with E-state index in [2.05, 4.69) is 0 Å². The quantitative estimate of drug-likeness (QED) is 0.669. The number of para-hydroxylation sites is 1. The number of aliphatic hydroxyl groups is 1. The molecule has 0 unspecified atom stereocenters. The summed E-state index contributed by atoms with van der Waals surface area (Å²) in [5, 5.41) is 12.2. The van der Waals surface area contributed by atoms with Crippen LogP contribution in [-0.2, 0) is 19.9 Å². The molecule has 0 amide bonds. The second-order valence-electron chi connectivity index (χ2n) is 7.71. The third kappa shape index (κ3) is 3.89. The summed E-state index contributed by atoms with van der Waals surface area (Å²) in [6, 6.07) is 15.6. The molecular weight excluding hydrogens is 370 g/mol. The van der Waals surface area contributed by atoms with Crippen molar-refractivity contribution in [3.8, 4) is 0 Å². The lowest BCUT2D eigenvalue weighted by Gasteiger charge is -2.26. The fraction of sp³-hybridized carbons (Fsp3) is 0.304. The molecule has 0 aliphatic heterocycles. The SMILES string of the molecule is CCOC(=O)[C@@](O)(c1ccccc1)c1cn(C(=O)OC(C)(C)C)c2ccccc12. The van der Waals surface area contributed by atoms with E-state index in [0.717, 1.165) is 0 Å². The van der Waals surface area contributed by atoms with Gasteiger partial charge in [-0.05, 0) is 39.3 Å². The van der Waals surface area contributed by atoms with Crippen LogP contribution >= 0.6 is 0 Å². The first-order chi connectivity index (χ1) is 13.7. The van der Waals surface area contributed by atoms with Crippen molar-refractivity contribution in [1.82, 2.24) is 4.57 Å². The van der Waals surface area contributed by atoms with Crippen LogP contribution in [0.5, 0.6) is 0 Å². The normalized spacial score (nSPS) is 13.7. The van der Waals surface area contributed by atoms with E-state index < -0.39 is 23.3 Å². The molecule has 3 rings (SSSR count). The minimum absolute atomic E-state index is 0.110. The Balaban J connectivity index is 2.26. The van der Waals surface area contributed by atoms with Crippen molar-refractivity contribution >= 4 is 23.0 Å². The van der Waals surface area contributed by atoms with Crippen molar-refractivity contribution in [1.29, 1.82) is 0 Å². The van der Waals surface area contributed by atoms with Crippen LogP contribution in [0.25, 0.3) is 10.9 Å². The molecule has 1 atom stereocenters. The fourth-order valence-corrected chi connectivity index (χ4v) is 3.23. The Morgan fingerprint density at radius 3 is 2.24 bits per heavy atom. The van der Waals surface area contributed by atoms with Gasteiger partial charge in [-0.15, -0.1) is 0 Å². The Kier molecular flexibility index (Phi) is 5.48. The van der Waals surface area contributed by atoms with Gasteiger partial charge >= 0.3 is 12.1 Å². The van der Waals surface area contributed by atoms with Crippen molar-refractivity contribution < 1.29 is 24.2 Å². The van der Waals surface area contributed by atoms with Crippen LogP contribution in [0.4, 0.5) is 4.79 Å². The lowest BCUT2D eigenvalue weighted by Crippen LogP contribution is -2.38. The van der Waals surface area contributed by atoms with Gasteiger partial charge in [-0.3, -0.25) is 4.57 Å². The van der Waals surface area contributed by atoms with Gasteiger partial charge in [-0.25, -0.2) is 9.59 Å². The smallest absolute Gasteiger partial charge is 0.419 e. The van der Waals surface area contributed by atoms with Crippen LogP contribution in [0, 0.1) is 0 Å². The Labute approximate surface area is 169 Å². The summed E-state index contributed by atoms with van der Waals surface area (Å²) >= 11 is 0. The molecule has 0 saturated carbocycles. The monoisotopic (exact) mass is 395 g/mol. The zero-order valence-electron chi connectivity index (χ0n) is 17.0. The van der Waals surface area contributed by atoms with Gasteiger partial charge in [0.15, 0.2) is 0 Å². The maximum Gasteiger partial charge on any atom is 0.419 e. The molecule has 1 aromatic heterocycles. The first-order valence-electron chi connectivity index (χ1n) is 9.47. The second kappa shape index (κ2) is 7.72. The molecule has 6 nitrogen and oxygen atoms in total. The second-order valence-corrected chi connectivity index (χ2v) is 7.71. The molecule has 0 radical (unpaired) electrons. The summed E-state index contributed by atoms with van der Waals surface area (Å²) in [7, 11) is 0. The summed E-state index contributed by atoms with van der Waals surface area (Å²) in [6.45, 7) is 7.11. The number of fused-ring (bicyclic) bond motifs is 1. The number of rotatable bonds is 4. The number of hydrogen-bond acceptors (Lipinski definition) is 5. The molecule has 3 aromatic rings. The highest BCUT2D eigenvalue weighted by molar-refractivity contribution is 5.98. The highest BCUT2D eigenvalue weighted by atomic mass is 16.6. The molecule has 6 heteroatoms. The van der Waals surface area contributed by atoms with Crippen LogP contribution in [0.3, 0.4) is 0 Å². The molecule has 29 heavy (non-hydrogen) atoms. The largest absolute Gasteiger partial charge is 0.463 e. The molecular formula is C23H25NO5. The summed E-state index contributed by atoms with van der Waals surface area (Å²) in [5.74, 6) is -0.807. The highest BCUT2D eigenvalue weighted by Crippen LogP contribution is 2.37. The van der Waals surface area contributed by atoms with Gasteiger partial charge in [0.25, 0.3) is 0 Å². The van der Waals surface area contributed by atoms with Crippen molar-refractivity contribution in [2.45, 2.75) is 38.9 Å². The number of hydrogen-bond donors (Lipinski definition) is 1. The maximum absolute atomic E-state index is 12.9. The number of esters is 1. The number of nitrogens with zero attached hydrogens (tertiary/aromatic N) is 1. The van der Waals surface area contributed by atoms with Crippen LogP contribution in [0.1, 0.15) is 38.8 Å². The van der Waals surface area contributed by atoms with E-state index in [4.69, 9.17) is 9.47 Å². The van der Waals surface area contributed by atoms with Crippen LogP contribution in [0.15, 0.2) is 60.8 Å². The Hall–Kier alpha value is -3.12. The predicted octanol–water partition coefficient (Wildman–Crippen LogP) is 4.22. The van der Waals surface area contributed by atoms with Gasteiger partial charge in [-0.2, -0.15) is 0 Å². The first-order valence-corrected chi connectivity index (χ1v) is 9.47. The standard InChI is InChI=1S/C23H25NO5/c1-5-28-20(25)23(27,16-11-7-6-8-12-16)18-15-24(21(26)29-22(2,3)4)19-14-10-9-13-17(18)19/h6-15,27H,5H2,1-4H3/t23-/m1/s1. The molecule has 0 bridgehead atoms. The predicted molar refractivity (Wildman–Crippen MR) is 110 cm³/mol. The van der Waals surface area contributed by atoms with Gasteiger partial charge in [0.2, 0.25) is 5.60 Å². The minimum atomic E-state index is -2.08. The van der Waals surface area contributed by atoms with Gasteiger partial charge < -0.3 is 14.6 Å². The van der Waals surface area contributed by atoms with Crippen LogP contribution in [-0.4, -0.2) is 33.9 Å². The summed E-state index contributed by atoms with van der Waals surface area (Å²) in [4.78, 5) is 25.7. The molecule has 0 spiro atoms. The molecule has 2 aromatic carbocycles. The van der Waals surface area contributed by atoms with Gasteiger partial charge in [0, 0.05) is 17.1 Å². The van der Waals surface area contributed by atoms with E-state index in [1.165, 1.54) is 10.8 Å². The van der Waals surface area contributed by atoms with E-state index in [9.17, 15) is 14.7 Å².